The van der Waals surface area contributed by atoms with E-state index >= 15 is 0 Å². The standard InChI is InChI=1S/C16H16N4OS/c1-12-13(5-7-22-12)8-16(21)19-15-9-18-20(11-15)10-14-4-2-3-6-17-14/h2-7,9,11H,8,10H2,1H3,(H,19,21). The average Bonchev–Trinajstić information content (AvgIpc) is 3.10. The summed E-state index contributed by atoms with van der Waals surface area (Å²) in [5.74, 6) is -0.0288. The molecular formula is C16H16N4OS. The summed E-state index contributed by atoms with van der Waals surface area (Å²) in [5, 5.41) is 9.12. The van der Waals surface area contributed by atoms with E-state index in [1.165, 1.54) is 4.88 Å². The average molecular weight is 312 g/mol. The minimum absolute atomic E-state index is 0.0288. The summed E-state index contributed by atoms with van der Waals surface area (Å²) >= 11 is 1.65. The minimum atomic E-state index is -0.0288. The van der Waals surface area contributed by atoms with Crippen LogP contribution in [-0.4, -0.2) is 20.7 Å². The van der Waals surface area contributed by atoms with Crippen LogP contribution in [0.1, 0.15) is 16.1 Å². The molecule has 0 aromatic carbocycles. The van der Waals surface area contributed by atoms with E-state index in [0.29, 0.717) is 18.7 Å². The summed E-state index contributed by atoms with van der Waals surface area (Å²) in [6.45, 7) is 2.61. The molecule has 0 bridgehead atoms. The molecule has 0 aliphatic heterocycles. The number of nitrogens with zero attached hydrogens (tertiary/aromatic N) is 3. The monoisotopic (exact) mass is 312 g/mol. The molecule has 0 spiro atoms. The third kappa shape index (κ3) is 3.59. The van der Waals surface area contributed by atoms with Gasteiger partial charge in [-0.05, 0) is 36.1 Å². The fraction of sp³-hybridized carbons (Fsp3) is 0.188. The zero-order chi connectivity index (χ0) is 15.4. The molecule has 0 aliphatic rings. The molecule has 22 heavy (non-hydrogen) atoms. The van der Waals surface area contributed by atoms with Crippen molar-refractivity contribution in [2.24, 2.45) is 0 Å². The molecule has 0 fully saturated rings. The molecule has 0 radical (unpaired) electrons. The summed E-state index contributed by atoms with van der Waals surface area (Å²) in [6, 6.07) is 7.76. The van der Waals surface area contributed by atoms with Crippen LogP contribution in [0.25, 0.3) is 0 Å². The molecule has 3 heterocycles. The Kier molecular flexibility index (Phi) is 4.29. The summed E-state index contributed by atoms with van der Waals surface area (Å²) in [7, 11) is 0. The first-order valence-electron chi connectivity index (χ1n) is 6.96. The van der Waals surface area contributed by atoms with Crippen molar-refractivity contribution in [3.8, 4) is 0 Å². The molecule has 3 aromatic heterocycles. The van der Waals surface area contributed by atoms with Crippen LogP contribution in [-0.2, 0) is 17.8 Å². The third-order valence-electron chi connectivity index (χ3n) is 3.28. The second-order valence-corrected chi connectivity index (χ2v) is 6.09. The second kappa shape index (κ2) is 6.53. The molecule has 1 N–H and O–H groups in total. The van der Waals surface area contributed by atoms with Crippen molar-refractivity contribution in [1.82, 2.24) is 14.8 Å². The van der Waals surface area contributed by atoms with Crippen LogP contribution in [0.2, 0.25) is 0 Å². The van der Waals surface area contributed by atoms with Crippen LogP contribution in [0.15, 0.2) is 48.2 Å². The summed E-state index contributed by atoms with van der Waals surface area (Å²) in [6.07, 6.45) is 5.61. The highest BCUT2D eigenvalue weighted by atomic mass is 32.1. The number of rotatable bonds is 5. The molecule has 5 nitrogen and oxygen atoms in total. The summed E-state index contributed by atoms with van der Waals surface area (Å²) < 4.78 is 1.76. The van der Waals surface area contributed by atoms with Crippen molar-refractivity contribution in [1.29, 1.82) is 0 Å². The Balaban J connectivity index is 1.59. The van der Waals surface area contributed by atoms with Crippen molar-refractivity contribution in [2.45, 2.75) is 19.9 Å². The third-order valence-corrected chi connectivity index (χ3v) is 4.17. The Labute approximate surface area is 132 Å². The maximum atomic E-state index is 12.0. The van der Waals surface area contributed by atoms with Crippen molar-refractivity contribution in [3.05, 3.63) is 64.4 Å². The quantitative estimate of drug-likeness (QED) is 0.788. The Morgan fingerprint density at radius 3 is 3.00 bits per heavy atom. The number of nitrogens with one attached hydrogen (secondary N) is 1. The highest BCUT2D eigenvalue weighted by Crippen LogP contribution is 2.16. The van der Waals surface area contributed by atoms with E-state index in [0.717, 1.165) is 11.3 Å². The Hall–Kier alpha value is -2.47. The molecule has 0 saturated carbocycles. The molecule has 0 atom stereocenters. The number of pyridine rings is 1. The van der Waals surface area contributed by atoms with Crippen LogP contribution in [0, 0.1) is 6.92 Å². The van der Waals surface area contributed by atoms with Crippen LogP contribution in [0.5, 0.6) is 0 Å². The van der Waals surface area contributed by atoms with Crippen LogP contribution < -0.4 is 5.32 Å². The van der Waals surface area contributed by atoms with E-state index in [2.05, 4.69) is 15.4 Å². The number of hydrogen-bond acceptors (Lipinski definition) is 4. The minimum Gasteiger partial charge on any atom is -0.323 e. The molecule has 6 heteroatoms. The summed E-state index contributed by atoms with van der Waals surface area (Å²) in [5.41, 5.74) is 2.70. The molecule has 3 rings (SSSR count). The van der Waals surface area contributed by atoms with Crippen molar-refractivity contribution in [3.63, 3.8) is 0 Å². The van der Waals surface area contributed by atoms with Crippen molar-refractivity contribution < 1.29 is 4.79 Å². The zero-order valence-corrected chi connectivity index (χ0v) is 13.0. The lowest BCUT2D eigenvalue weighted by molar-refractivity contribution is -0.115. The molecular weight excluding hydrogens is 296 g/mol. The Morgan fingerprint density at radius 2 is 2.27 bits per heavy atom. The number of aryl methyl sites for hydroxylation is 1. The predicted molar refractivity (Wildman–Crippen MR) is 87.0 cm³/mol. The van der Waals surface area contributed by atoms with E-state index in [9.17, 15) is 4.79 Å². The van der Waals surface area contributed by atoms with Gasteiger partial charge >= 0.3 is 0 Å². The van der Waals surface area contributed by atoms with E-state index in [4.69, 9.17) is 0 Å². The van der Waals surface area contributed by atoms with Crippen LogP contribution in [0.4, 0.5) is 5.69 Å². The number of aromatic nitrogens is 3. The maximum absolute atomic E-state index is 12.0. The lowest BCUT2D eigenvalue weighted by Gasteiger charge is -2.02. The molecule has 1 amide bonds. The van der Waals surface area contributed by atoms with Gasteiger partial charge in [0.15, 0.2) is 0 Å². The fourth-order valence-electron chi connectivity index (χ4n) is 2.15. The first-order chi connectivity index (χ1) is 10.7. The predicted octanol–water partition coefficient (Wildman–Crippen LogP) is 2.88. The Bertz CT molecular complexity index is 763. The smallest absolute Gasteiger partial charge is 0.228 e. The van der Waals surface area contributed by atoms with Crippen LogP contribution >= 0.6 is 11.3 Å². The van der Waals surface area contributed by atoms with E-state index in [-0.39, 0.29) is 5.91 Å². The number of amides is 1. The van der Waals surface area contributed by atoms with Gasteiger partial charge in [0.25, 0.3) is 0 Å². The van der Waals surface area contributed by atoms with E-state index < -0.39 is 0 Å². The van der Waals surface area contributed by atoms with E-state index in [1.807, 2.05) is 42.8 Å². The van der Waals surface area contributed by atoms with Gasteiger partial charge < -0.3 is 5.32 Å². The van der Waals surface area contributed by atoms with Gasteiger partial charge in [-0.1, -0.05) is 6.07 Å². The largest absolute Gasteiger partial charge is 0.323 e. The van der Waals surface area contributed by atoms with Gasteiger partial charge in [0.2, 0.25) is 5.91 Å². The van der Waals surface area contributed by atoms with Gasteiger partial charge in [-0.25, -0.2) is 0 Å². The van der Waals surface area contributed by atoms with Gasteiger partial charge in [-0.3, -0.25) is 14.5 Å². The van der Waals surface area contributed by atoms with Crippen molar-refractivity contribution >= 4 is 22.9 Å². The summed E-state index contributed by atoms with van der Waals surface area (Å²) in [4.78, 5) is 17.5. The van der Waals surface area contributed by atoms with Gasteiger partial charge in [-0.15, -0.1) is 11.3 Å². The van der Waals surface area contributed by atoms with Crippen molar-refractivity contribution in [2.75, 3.05) is 5.32 Å². The molecule has 0 unspecified atom stereocenters. The number of carbonyl (C=O) groups is 1. The first kappa shape index (κ1) is 14.5. The lowest BCUT2D eigenvalue weighted by atomic mass is 10.2. The SMILES string of the molecule is Cc1sccc1CC(=O)Nc1cnn(Cc2ccccn2)c1. The lowest BCUT2D eigenvalue weighted by Crippen LogP contribution is -2.14. The van der Waals surface area contributed by atoms with E-state index in [1.54, 1.807) is 28.4 Å². The van der Waals surface area contributed by atoms with Gasteiger partial charge in [0.05, 0.1) is 30.5 Å². The second-order valence-electron chi connectivity index (χ2n) is 4.97. The number of carbonyl (C=O) groups excluding carboxylic acids is 1. The molecule has 0 saturated heterocycles. The van der Waals surface area contributed by atoms with Gasteiger partial charge in [-0.2, -0.15) is 5.10 Å². The molecule has 0 aliphatic carbocycles. The molecule has 112 valence electrons. The number of hydrogen-bond donors (Lipinski definition) is 1. The number of anilines is 1. The molecule has 3 aromatic rings. The highest BCUT2D eigenvalue weighted by molar-refractivity contribution is 7.10. The highest BCUT2D eigenvalue weighted by Gasteiger charge is 2.08. The van der Waals surface area contributed by atoms with Gasteiger partial charge in [0.1, 0.15) is 0 Å². The topological polar surface area (TPSA) is 59.8 Å². The Morgan fingerprint density at radius 1 is 1.36 bits per heavy atom. The van der Waals surface area contributed by atoms with Crippen LogP contribution in [0.3, 0.4) is 0 Å². The normalized spacial score (nSPS) is 10.6. The van der Waals surface area contributed by atoms with Gasteiger partial charge in [0, 0.05) is 17.3 Å². The fourth-order valence-corrected chi connectivity index (χ4v) is 2.87. The zero-order valence-electron chi connectivity index (χ0n) is 12.2. The number of thiophene rings is 1. The maximum Gasteiger partial charge on any atom is 0.228 e. The first-order valence-corrected chi connectivity index (χ1v) is 7.84.